The summed E-state index contributed by atoms with van der Waals surface area (Å²) in [5.41, 5.74) is 19.1. The Morgan fingerprint density at radius 1 is 0.460 bits per heavy atom. The summed E-state index contributed by atoms with van der Waals surface area (Å²) >= 11 is 0. The van der Waals surface area contributed by atoms with Crippen molar-refractivity contribution in [2.45, 2.75) is 32.4 Å². The van der Waals surface area contributed by atoms with Gasteiger partial charge in [0.25, 0.3) is 0 Å². The zero-order chi connectivity index (χ0) is 33.8. The molecule has 7 aromatic carbocycles. The highest BCUT2D eigenvalue weighted by molar-refractivity contribution is 5.96. The number of hydrogen-bond donors (Lipinski definition) is 0. The molecule has 2 heteroatoms. The van der Waals surface area contributed by atoms with Gasteiger partial charge in [-0.3, -0.25) is 4.90 Å². The van der Waals surface area contributed by atoms with Crippen LogP contribution >= 0.6 is 0 Å². The first kappa shape index (κ1) is 30.4. The van der Waals surface area contributed by atoms with Crippen molar-refractivity contribution >= 4 is 17.1 Å². The van der Waals surface area contributed by atoms with Crippen molar-refractivity contribution in [2.24, 2.45) is 0 Å². The van der Waals surface area contributed by atoms with Crippen LogP contribution in [0, 0.1) is 0 Å². The normalized spacial score (nSPS) is 14.2. The van der Waals surface area contributed by atoms with Gasteiger partial charge in [-0.25, -0.2) is 0 Å². The molecule has 0 atom stereocenters. The van der Waals surface area contributed by atoms with Crippen LogP contribution in [0.3, 0.4) is 0 Å². The Morgan fingerprint density at radius 3 is 1.62 bits per heavy atom. The lowest BCUT2D eigenvalue weighted by atomic mass is 9.81. The molecular formula is C48H40N2. The number of benzene rings is 7. The van der Waals surface area contributed by atoms with Gasteiger partial charge in [0.1, 0.15) is 0 Å². The van der Waals surface area contributed by atoms with Gasteiger partial charge in [0.15, 0.2) is 0 Å². The van der Waals surface area contributed by atoms with Gasteiger partial charge >= 0.3 is 0 Å². The van der Waals surface area contributed by atoms with Crippen LogP contribution in [0.4, 0.5) is 17.1 Å². The largest absolute Gasteiger partial charge is 0.310 e. The van der Waals surface area contributed by atoms with Crippen LogP contribution < -0.4 is 4.90 Å². The molecular weight excluding hydrogens is 605 g/mol. The predicted molar refractivity (Wildman–Crippen MR) is 210 cm³/mol. The van der Waals surface area contributed by atoms with E-state index < -0.39 is 0 Å². The SMILES string of the molecule is CN1Cc2cccc(-c3cc4c(cc3N(c3ccc(-c5ccccc5)cc3)c3ccc(-c5ccccc5)cc3)C(C)(C)c3ccccc3-4)c2C1. The van der Waals surface area contributed by atoms with E-state index in [-0.39, 0.29) is 5.41 Å². The van der Waals surface area contributed by atoms with Crippen molar-refractivity contribution < 1.29 is 0 Å². The van der Waals surface area contributed by atoms with E-state index in [4.69, 9.17) is 0 Å². The Balaban J connectivity index is 1.29. The Morgan fingerprint density at radius 2 is 1.00 bits per heavy atom. The quantitative estimate of drug-likeness (QED) is 0.178. The molecule has 9 rings (SSSR count). The molecule has 1 aliphatic heterocycles. The molecule has 0 saturated heterocycles. The summed E-state index contributed by atoms with van der Waals surface area (Å²) in [7, 11) is 2.22. The number of hydrogen-bond acceptors (Lipinski definition) is 2. The second-order valence-electron chi connectivity index (χ2n) is 14.4. The fourth-order valence-electron chi connectivity index (χ4n) is 8.27. The first-order valence-corrected chi connectivity index (χ1v) is 17.6. The number of fused-ring (bicyclic) bond motifs is 4. The molecule has 0 aromatic heterocycles. The maximum atomic E-state index is 2.50. The minimum absolute atomic E-state index is 0.127. The average Bonchev–Trinajstić information content (AvgIpc) is 3.66. The second-order valence-corrected chi connectivity index (χ2v) is 14.4. The first-order chi connectivity index (χ1) is 24.5. The van der Waals surface area contributed by atoms with E-state index in [0.29, 0.717) is 0 Å². The molecule has 0 radical (unpaired) electrons. The van der Waals surface area contributed by atoms with Crippen molar-refractivity contribution in [2.75, 3.05) is 11.9 Å². The summed E-state index contributed by atoms with van der Waals surface area (Å²) < 4.78 is 0. The first-order valence-electron chi connectivity index (χ1n) is 17.6. The highest BCUT2D eigenvalue weighted by Crippen LogP contribution is 2.54. The molecule has 0 N–H and O–H groups in total. The van der Waals surface area contributed by atoms with E-state index in [1.54, 1.807) is 0 Å². The Bertz CT molecular complexity index is 2250. The van der Waals surface area contributed by atoms with Crippen LogP contribution in [-0.2, 0) is 18.5 Å². The Hall–Kier alpha value is -5.70. The predicted octanol–water partition coefficient (Wildman–Crippen LogP) is 12.4. The van der Waals surface area contributed by atoms with Crippen LogP contribution in [0.1, 0.15) is 36.1 Å². The minimum atomic E-state index is -0.127. The van der Waals surface area contributed by atoms with Crippen molar-refractivity contribution in [3.8, 4) is 44.5 Å². The second kappa shape index (κ2) is 12.0. The summed E-state index contributed by atoms with van der Waals surface area (Å²) in [5, 5.41) is 0. The zero-order valence-corrected chi connectivity index (χ0v) is 28.9. The average molecular weight is 645 g/mol. The summed E-state index contributed by atoms with van der Waals surface area (Å²) in [6, 6.07) is 60.4. The van der Waals surface area contributed by atoms with Gasteiger partial charge in [-0.1, -0.05) is 141 Å². The molecule has 0 bridgehead atoms. The van der Waals surface area contributed by atoms with Gasteiger partial charge in [-0.05, 0) is 105 Å². The summed E-state index contributed by atoms with van der Waals surface area (Å²) in [5.74, 6) is 0. The molecule has 0 fully saturated rings. The van der Waals surface area contributed by atoms with E-state index in [9.17, 15) is 0 Å². The summed E-state index contributed by atoms with van der Waals surface area (Å²) in [6.07, 6.45) is 0. The molecule has 2 nitrogen and oxygen atoms in total. The number of rotatable bonds is 6. The van der Waals surface area contributed by atoms with Gasteiger partial charge in [-0.2, -0.15) is 0 Å². The fourth-order valence-corrected chi connectivity index (χ4v) is 8.27. The van der Waals surface area contributed by atoms with E-state index in [0.717, 1.165) is 24.5 Å². The minimum Gasteiger partial charge on any atom is -0.310 e. The van der Waals surface area contributed by atoms with E-state index in [2.05, 4.69) is 194 Å². The number of anilines is 3. The molecule has 2 aliphatic rings. The standard InChI is InChI=1S/C48H40N2/c1-48(2)45-20-11-10-18-41(45)42-29-43(40-19-12-17-37-31-49(3)32-44(37)40)47(30-46(42)48)50(38-25-21-35(22-26-38)33-13-6-4-7-14-33)39-27-23-36(24-28-39)34-15-8-5-9-16-34/h4-30H,31-32H2,1-3H3. The lowest BCUT2D eigenvalue weighted by Crippen LogP contribution is -2.17. The molecule has 1 aliphatic carbocycles. The maximum Gasteiger partial charge on any atom is 0.0543 e. The molecule has 50 heavy (non-hydrogen) atoms. The maximum absolute atomic E-state index is 2.50. The van der Waals surface area contributed by atoms with Crippen molar-refractivity contribution in [1.29, 1.82) is 0 Å². The zero-order valence-electron chi connectivity index (χ0n) is 28.9. The van der Waals surface area contributed by atoms with Crippen LogP contribution in [0.25, 0.3) is 44.5 Å². The molecule has 0 spiro atoms. The van der Waals surface area contributed by atoms with E-state index in [1.165, 1.54) is 72.4 Å². The van der Waals surface area contributed by atoms with Gasteiger partial charge in [0.2, 0.25) is 0 Å². The molecule has 0 unspecified atom stereocenters. The van der Waals surface area contributed by atoms with E-state index in [1.807, 2.05) is 0 Å². The molecule has 242 valence electrons. The molecule has 0 amide bonds. The van der Waals surface area contributed by atoms with Crippen LogP contribution in [0.15, 0.2) is 164 Å². The van der Waals surface area contributed by atoms with Gasteiger partial charge in [0, 0.05) is 35.4 Å². The summed E-state index contributed by atoms with van der Waals surface area (Å²) in [6.45, 7) is 6.68. The smallest absolute Gasteiger partial charge is 0.0543 e. The Kier molecular flexibility index (Phi) is 7.30. The highest BCUT2D eigenvalue weighted by atomic mass is 15.1. The topological polar surface area (TPSA) is 6.48 Å². The van der Waals surface area contributed by atoms with Gasteiger partial charge in [0.05, 0.1) is 5.69 Å². The third-order valence-corrected chi connectivity index (χ3v) is 10.8. The lowest BCUT2D eigenvalue weighted by Gasteiger charge is -2.31. The van der Waals surface area contributed by atoms with Crippen LogP contribution in [0.5, 0.6) is 0 Å². The summed E-state index contributed by atoms with van der Waals surface area (Å²) in [4.78, 5) is 4.90. The van der Waals surface area contributed by atoms with Crippen LogP contribution in [-0.4, -0.2) is 11.9 Å². The lowest BCUT2D eigenvalue weighted by molar-refractivity contribution is 0.353. The van der Waals surface area contributed by atoms with E-state index >= 15 is 0 Å². The van der Waals surface area contributed by atoms with Crippen LogP contribution in [0.2, 0.25) is 0 Å². The van der Waals surface area contributed by atoms with Crippen molar-refractivity contribution in [3.63, 3.8) is 0 Å². The van der Waals surface area contributed by atoms with Crippen molar-refractivity contribution in [1.82, 2.24) is 4.90 Å². The molecule has 7 aromatic rings. The Labute approximate surface area is 295 Å². The third kappa shape index (κ3) is 5.07. The highest BCUT2D eigenvalue weighted by Gasteiger charge is 2.37. The van der Waals surface area contributed by atoms with Gasteiger partial charge in [-0.15, -0.1) is 0 Å². The monoisotopic (exact) mass is 644 g/mol. The fraction of sp³-hybridized carbons (Fsp3) is 0.125. The third-order valence-electron chi connectivity index (χ3n) is 10.8. The van der Waals surface area contributed by atoms with Crippen molar-refractivity contribution in [3.05, 3.63) is 186 Å². The molecule has 0 saturated carbocycles. The van der Waals surface area contributed by atoms with Gasteiger partial charge < -0.3 is 4.90 Å². The number of nitrogens with zero attached hydrogens (tertiary/aromatic N) is 2. The molecule has 1 heterocycles.